The highest BCUT2D eigenvalue weighted by atomic mass is 16.6. The lowest BCUT2D eigenvalue weighted by Gasteiger charge is -2.14. The van der Waals surface area contributed by atoms with Gasteiger partial charge in [0.1, 0.15) is 0 Å². The van der Waals surface area contributed by atoms with E-state index in [1.54, 1.807) is 6.07 Å². The zero-order chi connectivity index (χ0) is 23.5. The summed E-state index contributed by atoms with van der Waals surface area (Å²) in [5.74, 6) is -1.08. The van der Waals surface area contributed by atoms with E-state index in [1.165, 1.54) is 24.3 Å². The van der Waals surface area contributed by atoms with Crippen molar-refractivity contribution in [2.45, 2.75) is 13.8 Å². The largest absolute Gasteiger partial charge is 0.454 e. The van der Waals surface area contributed by atoms with Crippen molar-refractivity contribution in [2.24, 2.45) is 0 Å². The van der Waals surface area contributed by atoms with Gasteiger partial charge in [0.2, 0.25) is 0 Å². The predicted molar refractivity (Wildman–Crippen MR) is 124 cm³/mol. The maximum absolute atomic E-state index is 13.1. The molecule has 164 valence electrons. The molecule has 0 saturated heterocycles. The lowest BCUT2D eigenvalue weighted by atomic mass is 9.97. The van der Waals surface area contributed by atoms with E-state index in [2.05, 4.69) is 0 Å². The predicted octanol–water partition coefficient (Wildman–Crippen LogP) is 5.47. The molecule has 0 aliphatic carbocycles. The average molecular weight is 440 g/mol. The maximum Gasteiger partial charge on any atom is 0.339 e. The Kier molecular flexibility index (Phi) is 5.95. The normalized spacial score (nSPS) is 10.7. The lowest BCUT2D eigenvalue weighted by molar-refractivity contribution is -0.384. The van der Waals surface area contributed by atoms with Gasteiger partial charge in [-0.2, -0.15) is 0 Å². The number of ether oxygens (including phenoxy) is 1. The third-order valence-electron chi connectivity index (χ3n) is 5.40. The summed E-state index contributed by atoms with van der Waals surface area (Å²) >= 11 is 0. The van der Waals surface area contributed by atoms with E-state index in [0.717, 1.165) is 11.1 Å². The van der Waals surface area contributed by atoms with Crippen molar-refractivity contribution < 1.29 is 19.2 Å². The Labute approximate surface area is 189 Å². The third-order valence-corrected chi connectivity index (χ3v) is 5.40. The van der Waals surface area contributed by atoms with Crippen LogP contribution in [0.2, 0.25) is 0 Å². The quantitative estimate of drug-likeness (QED) is 0.171. The van der Waals surface area contributed by atoms with Crippen LogP contribution in [0, 0.1) is 24.0 Å². The van der Waals surface area contributed by atoms with E-state index >= 15 is 0 Å². The van der Waals surface area contributed by atoms with Gasteiger partial charge in [-0.3, -0.25) is 14.9 Å². The summed E-state index contributed by atoms with van der Waals surface area (Å²) in [4.78, 5) is 40.6. The minimum Gasteiger partial charge on any atom is -0.454 e. The molecule has 0 aliphatic heterocycles. The van der Waals surface area contributed by atoms with Crippen LogP contribution >= 0.6 is 0 Å². The van der Waals surface area contributed by atoms with E-state index in [9.17, 15) is 19.7 Å². The second-order valence-electron chi connectivity index (χ2n) is 7.65. The molecule has 1 aromatic heterocycles. The summed E-state index contributed by atoms with van der Waals surface area (Å²) in [7, 11) is 0. The van der Waals surface area contributed by atoms with Gasteiger partial charge in [0.05, 0.1) is 21.7 Å². The van der Waals surface area contributed by atoms with Crippen LogP contribution in [0.15, 0.2) is 72.8 Å². The summed E-state index contributed by atoms with van der Waals surface area (Å²) in [5.41, 5.74) is 4.42. The Bertz CT molecular complexity index is 1380. The number of hydrogen-bond donors (Lipinski definition) is 0. The number of ketones is 1. The monoisotopic (exact) mass is 440 g/mol. The molecular formula is C26H20N2O5. The zero-order valence-electron chi connectivity index (χ0n) is 18.1. The van der Waals surface area contributed by atoms with Crippen molar-refractivity contribution in [3.8, 4) is 11.3 Å². The molecule has 1 heterocycles. The fraction of sp³-hybridized carbons (Fsp3) is 0.115. The summed E-state index contributed by atoms with van der Waals surface area (Å²) in [6.45, 7) is 3.32. The van der Waals surface area contributed by atoms with Gasteiger partial charge >= 0.3 is 5.97 Å². The number of benzene rings is 3. The van der Waals surface area contributed by atoms with Crippen molar-refractivity contribution >= 4 is 28.3 Å². The van der Waals surface area contributed by atoms with Crippen molar-refractivity contribution in [1.82, 2.24) is 4.98 Å². The fourth-order valence-electron chi connectivity index (χ4n) is 3.62. The van der Waals surface area contributed by atoms with Crippen LogP contribution in [0.1, 0.15) is 31.8 Å². The Hall–Kier alpha value is -4.39. The minimum atomic E-state index is -0.630. The van der Waals surface area contributed by atoms with Crippen LogP contribution in [0.4, 0.5) is 5.69 Å². The number of pyridine rings is 1. The number of nitro benzene ring substituents is 1. The van der Waals surface area contributed by atoms with Crippen LogP contribution in [0.25, 0.3) is 22.2 Å². The lowest BCUT2D eigenvalue weighted by Crippen LogP contribution is -2.16. The van der Waals surface area contributed by atoms with E-state index in [4.69, 9.17) is 9.72 Å². The molecule has 4 rings (SSSR count). The summed E-state index contributed by atoms with van der Waals surface area (Å²) in [6.07, 6.45) is 0. The number of carbonyl (C=O) groups is 2. The number of para-hydroxylation sites is 1. The Morgan fingerprint density at radius 2 is 1.61 bits per heavy atom. The van der Waals surface area contributed by atoms with Crippen LogP contribution < -0.4 is 0 Å². The Morgan fingerprint density at radius 3 is 2.27 bits per heavy atom. The molecule has 0 fully saturated rings. The number of nitrogens with zero attached hydrogens (tertiary/aromatic N) is 2. The molecular weight excluding hydrogens is 420 g/mol. The molecule has 7 heteroatoms. The highest BCUT2D eigenvalue weighted by molar-refractivity contribution is 6.07. The Morgan fingerprint density at radius 1 is 0.939 bits per heavy atom. The summed E-state index contributed by atoms with van der Waals surface area (Å²) in [5, 5.41) is 11.4. The highest BCUT2D eigenvalue weighted by Gasteiger charge is 2.21. The van der Waals surface area contributed by atoms with E-state index in [1.807, 2.05) is 56.3 Å². The number of nitro groups is 1. The first kappa shape index (κ1) is 21.8. The topological polar surface area (TPSA) is 99.4 Å². The van der Waals surface area contributed by atoms with Crippen LogP contribution in [0.3, 0.4) is 0 Å². The first-order valence-corrected chi connectivity index (χ1v) is 10.3. The number of aromatic nitrogens is 1. The molecule has 0 unspecified atom stereocenters. The van der Waals surface area contributed by atoms with Gasteiger partial charge in [0, 0.05) is 28.6 Å². The van der Waals surface area contributed by atoms with Crippen LogP contribution in [0.5, 0.6) is 0 Å². The molecule has 0 atom stereocenters. The molecule has 3 aromatic carbocycles. The number of non-ortho nitro benzene ring substituents is 1. The number of rotatable bonds is 6. The van der Waals surface area contributed by atoms with Gasteiger partial charge in [-0.15, -0.1) is 0 Å². The first-order chi connectivity index (χ1) is 15.8. The highest BCUT2D eigenvalue weighted by Crippen LogP contribution is 2.30. The molecule has 0 aliphatic rings. The molecule has 4 aromatic rings. The molecule has 7 nitrogen and oxygen atoms in total. The van der Waals surface area contributed by atoms with Gasteiger partial charge < -0.3 is 4.74 Å². The van der Waals surface area contributed by atoms with Crippen LogP contribution in [-0.4, -0.2) is 28.3 Å². The number of carbonyl (C=O) groups excluding carboxylic acids is 2. The van der Waals surface area contributed by atoms with Crippen LogP contribution in [-0.2, 0) is 4.74 Å². The second-order valence-corrected chi connectivity index (χ2v) is 7.65. The smallest absolute Gasteiger partial charge is 0.339 e. The van der Waals surface area contributed by atoms with E-state index in [0.29, 0.717) is 27.7 Å². The summed E-state index contributed by atoms with van der Waals surface area (Å²) < 4.78 is 5.37. The summed E-state index contributed by atoms with van der Waals surface area (Å²) in [6, 6.07) is 20.3. The fourth-order valence-corrected chi connectivity index (χ4v) is 3.62. The number of esters is 1. The van der Waals surface area contributed by atoms with Gasteiger partial charge in [-0.05, 0) is 37.6 Å². The number of fused-ring (bicyclic) bond motifs is 1. The maximum atomic E-state index is 13.1. The number of Topliss-reactive ketones (excluding diaryl/α,β-unsaturated/α-hetero) is 1. The van der Waals surface area contributed by atoms with Crippen molar-refractivity contribution in [1.29, 1.82) is 0 Å². The second kappa shape index (κ2) is 9.00. The van der Waals surface area contributed by atoms with Crippen molar-refractivity contribution in [2.75, 3.05) is 6.61 Å². The average Bonchev–Trinajstić information content (AvgIpc) is 2.82. The van der Waals surface area contributed by atoms with Gasteiger partial charge in [0.25, 0.3) is 5.69 Å². The van der Waals surface area contributed by atoms with E-state index < -0.39 is 23.3 Å². The number of hydrogen-bond acceptors (Lipinski definition) is 6. The first-order valence-electron chi connectivity index (χ1n) is 10.3. The van der Waals surface area contributed by atoms with Gasteiger partial charge in [-0.1, -0.05) is 48.0 Å². The number of aryl methyl sites for hydroxylation is 1. The molecule has 0 spiro atoms. The molecule has 0 radical (unpaired) electrons. The van der Waals surface area contributed by atoms with Crippen molar-refractivity contribution in [3.05, 3.63) is 105 Å². The third kappa shape index (κ3) is 4.48. The van der Waals surface area contributed by atoms with E-state index in [-0.39, 0.29) is 11.3 Å². The molecule has 0 amide bonds. The van der Waals surface area contributed by atoms with Gasteiger partial charge in [-0.25, -0.2) is 9.78 Å². The molecule has 0 bridgehead atoms. The standard InChI is InChI=1S/C26H20N2O5/c1-16-7-9-19(10-8-16)25-17(2)24(21-5-3-4-6-22(21)27-25)26(30)33-15-23(29)18-11-13-20(14-12-18)28(31)32/h3-14H,15H2,1-2H3. The molecule has 33 heavy (non-hydrogen) atoms. The van der Waals surface area contributed by atoms with Crippen molar-refractivity contribution in [3.63, 3.8) is 0 Å². The molecule has 0 N–H and O–H groups in total. The Balaban J connectivity index is 1.64. The van der Waals surface area contributed by atoms with Gasteiger partial charge in [0.15, 0.2) is 12.4 Å². The SMILES string of the molecule is Cc1ccc(-c2nc3ccccc3c(C(=O)OCC(=O)c3ccc([N+](=O)[O-])cc3)c2C)cc1. The zero-order valence-corrected chi connectivity index (χ0v) is 18.1. The molecule has 0 saturated carbocycles. The minimum absolute atomic E-state index is 0.119.